The van der Waals surface area contributed by atoms with Crippen LogP contribution in [0, 0.1) is 0 Å². The Morgan fingerprint density at radius 1 is 1.62 bits per heavy atom. The second kappa shape index (κ2) is 3.79. The Morgan fingerprint density at radius 3 is 2.94 bits per heavy atom. The minimum absolute atomic E-state index is 0.151. The first-order valence-corrected chi connectivity index (χ1v) is 5.25. The van der Waals surface area contributed by atoms with Gasteiger partial charge in [-0.2, -0.15) is 0 Å². The van der Waals surface area contributed by atoms with Crippen molar-refractivity contribution in [2.45, 2.75) is 25.9 Å². The second-order valence-corrected chi connectivity index (χ2v) is 4.21. The van der Waals surface area contributed by atoms with Crippen LogP contribution < -0.4 is 15.4 Å². The molecule has 0 unspecified atom stereocenters. The molecule has 1 aliphatic heterocycles. The monoisotopic (exact) mass is 224 g/mol. The van der Waals surface area contributed by atoms with E-state index in [9.17, 15) is 4.79 Å². The molecule has 2 rings (SSSR count). The van der Waals surface area contributed by atoms with Crippen LogP contribution in [-0.4, -0.2) is 35.4 Å². The highest BCUT2D eigenvalue weighted by Gasteiger charge is 2.29. The molecule has 6 heteroatoms. The summed E-state index contributed by atoms with van der Waals surface area (Å²) in [7, 11) is 1.68. The Hall–Kier alpha value is -1.56. The van der Waals surface area contributed by atoms with Crippen LogP contribution in [0.1, 0.15) is 19.9 Å². The number of carbonyl (C=O) groups excluding carboxylic acids is 1. The quantitative estimate of drug-likeness (QED) is 0.736. The molecule has 88 valence electrons. The fourth-order valence-corrected chi connectivity index (χ4v) is 1.57. The molecule has 0 spiro atoms. The van der Waals surface area contributed by atoms with E-state index in [0.717, 1.165) is 0 Å². The van der Waals surface area contributed by atoms with Crippen LogP contribution in [0.4, 0.5) is 5.69 Å². The fourth-order valence-electron chi connectivity index (χ4n) is 1.57. The highest BCUT2D eigenvalue weighted by molar-refractivity contribution is 5.98. The number of hydrogen-bond acceptors (Lipinski definition) is 4. The zero-order chi connectivity index (χ0) is 11.9. The van der Waals surface area contributed by atoms with E-state index in [-0.39, 0.29) is 18.6 Å². The Labute approximate surface area is 94.0 Å². The molecule has 0 saturated heterocycles. The molecule has 1 aromatic rings. The zero-order valence-corrected chi connectivity index (χ0v) is 9.67. The van der Waals surface area contributed by atoms with Crippen LogP contribution in [-0.2, 0) is 4.79 Å². The van der Waals surface area contributed by atoms with Gasteiger partial charge in [-0.15, -0.1) is 5.10 Å². The SMILES string of the molecule is CC(C)n1cc2c(n1)OC[C@H](N)C(=O)N2C. The van der Waals surface area contributed by atoms with E-state index in [1.54, 1.807) is 17.9 Å². The molecule has 0 bridgehead atoms. The number of aromatic nitrogens is 2. The van der Waals surface area contributed by atoms with Crippen molar-refractivity contribution in [3.05, 3.63) is 6.20 Å². The standard InChI is InChI=1S/C10H16N4O2/c1-6(2)14-4-8-9(12-14)16-5-7(11)10(15)13(8)3/h4,6-7H,5,11H2,1-3H3/t7-/m0/s1. The van der Waals surface area contributed by atoms with Gasteiger partial charge in [-0.25, -0.2) is 0 Å². The molecular formula is C10H16N4O2. The molecule has 6 nitrogen and oxygen atoms in total. The first-order chi connectivity index (χ1) is 7.50. The summed E-state index contributed by atoms with van der Waals surface area (Å²) in [6.45, 7) is 4.20. The van der Waals surface area contributed by atoms with E-state index in [1.807, 2.05) is 13.8 Å². The maximum absolute atomic E-state index is 11.8. The molecular weight excluding hydrogens is 208 g/mol. The summed E-state index contributed by atoms with van der Waals surface area (Å²) < 4.78 is 7.18. The Kier molecular flexibility index (Phi) is 2.59. The van der Waals surface area contributed by atoms with E-state index in [1.165, 1.54) is 4.90 Å². The lowest BCUT2D eigenvalue weighted by atomic mass is 10.3. The Morgan fingerprint density at radius 2 is 2.31 bits per heavy atom. The van der Waals surface area contributed by atoms with Gasteiger partial charge in [0.15, 0.2) is 0 Å². The number of hydrogen-bond donors (Lipinski definition) is 1. The molecule has 0 aromatic carbocycles. The Balaban J connectivity index is 2.40. The number of rotatable bonds is 1. The van der Waals surface area contributed by atoms with Crippen LogP contribution in [0.15, 0.2) is 6.20 Å². The zero-order valence-electron chi connectivity index (χ0n) is 9.67. The van der Waals surface area contributed by atoms with Gasteiger partial charge >= 0.3 is 0 Å². The molecule has 1 amide bonds. The summed E-state index contributed by atoms with van der Waals surface area (Å²) >= 11 is 0. The molecule has 2 heterocycles. The molecule has 1 atom stereocenters. The van der Waals surface area contributed by atoms with Gasteiger partial charge in [-0.1, -0.05) is 0 Å². The van der Waals surface area contributed by atoms with Crippen molar-refractivity contribution in [3.63, 3.8) is 0 Å². The number of amides is 1. The van der Waals surface area contributed by atoms with Crippen molar-refractivity contribution in [1.82, 2.24) is 9.78 Å². The van der Waals surface area contributed by atoms with Crippen LogP contribution in [0.25, 0.3) is 0 Å². The third-order valence-electron chi connectivity index (χ3n) is 2.62. The van der Waals surface area contributed by atoms with Crippen LogP contribution in [0.5, 0.6) is 5.88 Å². The molecule has 16 heavy (non-hydrogen) atoms. The minimum Gasteiger partial charge on any atom is -0.473 e. The lowest BCUT2D eigenvalue weighted by molar-refractivity contribution is -0.119. The van der Waals surface area contributed by atoms with E-state index < -0.39 is 6.04 Å². The first-order valence-electron chi connectivity index (χ1n) is 5.25. The smallest absolute Gasteiger partial charge is 0.257 e. The summed E-state index contributed by atoms with van der Waals surface area (Å²) in [5, 5.41) is 4.27. The summed E-state index contributed by atoms with van der Waals surface area (Å²) in [4.78, 5) is 13.3. The molecule has 1 aliphatic rings. The lowest BCUT2D eigenvalue weighted by Gasteiger charge is -2.15. The van der Waals surface area contributed by atoms with Gasteiger partial charge in [-0.05, 0) is 13.8 Å². The molecule has 2 N–H and O–H groups in total. The predicted molar refractivity (Wildman–Crippen MR) is 59.5 cm³/mol. The summed E-state index contributed by atoms with van der Waals surface area (Å²) in [6, 6.07) is -0.389. The Bertz CT molecular complexity index is 413. The van der Waals surface area contributed by atoms with Crippen molar-refractivity contribution in [3.8, 4) is 5.88 Å². The van der Waals surface area contributed by atoms with Crippen LogP contribution in [0.2, 0.25) is 0 Å². The molecule has 0 aliphatic carbocycles. The summed E-state index contributed by atoms with van der Waals surface area (Å²) in [5.74, 6) is 0.319. The van der Waals surface area contributed by atoms with Gasteiger partial charge in [0.2, 0.25) is 5.91 Å². The maximum atomic E-state index is 11.8. The van der Waals surface area contributed by atoms with Crippen LogP contribution >= 0.6 is 0 Å². The number of carbonyl (C=O) groups is 1. The number of ether oxygens (including phenoxy) is 1. The van der Waals surface area contributed by atoms with Gasteiger partial charge in [-0.3, -0.25) is 9.48 Å². The lowest BCUT2D eigenvalue weighted by Crippen LogP contribution is -2.43. The van der Waals surface area contributed by atoms with Crippen molar-refractivity contribution >= 4 is 11.6 Å². The van der Waals surface area contributed by atoms with E-state index in [0.29, 0.717) is 11.6 Å². The van der Waals surface area contributed by atoms with Gasteiger partial charge in [0.05, 0.1) is 6.20 Å². The van der Waals surface area contributed by atoms with Crippen molar-refractivity contribution in [2.75, 3.05) is 18.6 Å². The summed E-state index contributed by atoms with van der Waals surface area (Å²) in [6.07, 6.45) is 1.80. The molecule has 0 fully saturated rings. The van der Waals surface area contributed by atoms with Crippen molar-refractivity contribution in [2.24, 2.45) is 5.73 Å². The average Bonchev–Trinajstić information content (AvgIpc) is 2.64. The maximum Gasteiger partial charge on any atom is 0.257 e. The third kappa shape index (κ3) is 1.65. The topological polar surface area (TPSA) is 73.4 Å². The third-order valence-corrected chi connectivity index (χ3v) is 2.62. The van der Waals surface area contributed by atoms with E-state index >= 15 is 0 Å². The molecule has 0 saturated carbocycles. The van der Waals surface area contributed by atoms with Crippen molar-refractivity contribution in [1.29, 1.82) is 0 Å². The van der Waals surface area contributed by atoms with Gasteiger partial charge < -0.3 is 15.4 Å². The highest BCUT2D eigenvalue weighted by atomic mass is 16.5. The number of anilines is 1. The van der Waals surface area contributed by atoms with Gasteiger partial charge in [0.1, 0.15) is 18.3 Å². The minimum atomic E-state index is -0.619. The van der Waals surface area contributed by atoms with Gasteiger partial charge in [0, 0.05) is 13.1 Å². The average molecular weight is 224 g/mol. The number of nitrogens with zero attached hydrogens (tertiary/aromatic N) is 3. The first kappa shape index (κ1) is 10.9. The van der Waals surface area contributed by atoms with Gasteiger partial charge in [0.25, 0.3) is 5.88 Å². The second-order valence-electron chi connectivity index (χ2n) is 4.21. The highest BCUT2D eigenvalue weighted by Crippen LogP contribution is 2.29. The van der Waals surface area contributed by atoms with Crippen LogP contribution in [0.3, 0.4) is 0 Å². The molecule has 0 radical (unpaired) electrons. The predicted octanol–water partition coefficient (Wildman–Crippen LogP) is 0.147. The summed E-state index contributed by atoms with van der Waals surface area (Å²) in [5.41, 5.74) is 6.33. The fraction of sp³-hybridized carbons (Fsp3) is 0.600. The van der Waals surface area contributed by atoms with E-state index in [2.05, 4.69) is 5.10 Å². The normalized spacial score (nSPS) is 20.7. The number of likely N-dealkylation sites (N-methyl/N-ethyl adjacent to an activating group) is 1. The van der Waals surface area contributed by atoms with E-state index in [4.69, 9.17) is 10.5 Å². The number of fused-ring (bicyclic) bond motifs is 1. The number of nitrogens with two attached hydrogens (primary N) is 1. The van der Waals surface area contributed by atoms with Crippen molar-refractivity contribution < 1.29 is 9.53 Å². The largest absolute Gasteiger partial charge is 0.473 e. The molecule has 1 aromatic heterocycles.